The largest absolute Gasteiger partial charge is 2.00 e. The Kier molecular flexibility index (Phi) is 205. The minimum Gasteiger partial charge on any atom is -1.00 e. The summed E-state index contributed by atoms with van der Waals surface area (Å²) in [6.45, 7) is 0. The first kappa shape index (κ1) is 39.5. The molecule has 0 saturated carbocycles. The molecule has 0 rings (SSSR count). The van der Waals surface area contributed by atoms with Gasteiger partial charge in [0.15, 0.2) is 0 Å². The van der Waals surface area contributed by atoms with E-state index in [2.05, 4.69) is 0 Å². The summed E-state index contributed by atoms with van der Waals surface area (Å²) in [6.07, 6.45) is 0. The summed E-state index contributed by atoms with van der Waals surface area (Å²) < 4.78 is 0. The van der Waals surface area contributed by atoms with Gasteiger partial charge in [-0.25, -0.2) is 0 Å². The molecule has 0 nitrogen and oxygen atoms in total. The van der Waals surface area contributed by atoms with E-state index >= 15 is 0 Å². The van der Waals surface area contributed by atoms with E-state index in [1.807, 2.05) is 0 Å². The summed E-state index contributed by atoms with van der Waals surface area (Å²) in [5.74, 6) is 0. The first-order valence-electron chi connectivity index (χ1n) is 0. The van der Waals surface area contributed by atoms with E-state index < -0.39 is 0 Å². The zero-order chi connectivity index (χ0) is 0. The van der Waals surface area contributed by atoms with Crippen LogP contribution >= 0.6 is 0 Å². The van der Waals surface area contributed by atoms with Gasteiger partial charge in [0.05, 0.1) is 0 Å². The Balaban J connectivity index is 0. The molecule has 0 amide bonds. The van der Waals surface area contributed by atoms with Crippen LogP contribution in [0.25, 0.3) is 0 Å². The molecule has 0 N–H and O–H groups in total. The van der Waals surface area contributed by atoms with Crippen molar-refractivity contribution in [1.82, 2.24) is 0 Å². The molecule has 0 aliphatic carbocycles. The predicted octanol–water partition coefficient (Wildman–Crippen LogP) is -6.38. The first-order valence-corrected chi connectivity index (χ1v) is 0. The van der Waals surface area contributed by atoms with Crippen molar-refractivity contribution in [3.05, 3.63) is 0 Å². The fourth-order valence-corrected chi connectivity index (χ4v) is 0. The molecule has 0 aromatic carbocycles. The van der Waals surface area contributed by atoms with Crippen molar-refractivity contribution < 1.29 is 41.6 Å². The van der Waals surface area contributed by atoms with Crippen LogP contribution < -0.4 is 24.8 Å². The second-order valence-electron chi connectivity index (χ2n) is 0. The summed E-state index contributed by atoms with van der Waals surface area (Å²) in [5.41, 5.74) is 0. The fraction of sp³-hybridized carbons (Fsp3) is 0. The van der Waals surface area contributed by atoms with Crippen molar-refractivity contribution in [2.24, 2.45) is 0 Å². The number of hydrogen-bond acceptors (Lipinski definition) is 0. The van der Waals surface area contributed by atoms with E-state index in [-0.39, 0.29) is 65.5 Å². The summed E-state index contributed by atoms with van der Waals surface area (Å²) in [4.78, 5) is 0. The van der Waals surface area contributed by atoms with Crippen molar-refractivity contribution in [3.63, 3.8) is 0 Å². The Morgan fingerprint density at radius 1 is 0.750 bits per heavy atom. The average molecular weight is 249 g/mol. The second kappa shape index (κ2) is 20.7. The number of hydrogen-bond donors (Lipinski definition) is 0. The Bertz CT molecular complexity index is 6.00. The summed E-state index contributed by atoms with van der Waals surface area (Å²) >= 11 is 0. The molecule has 0 fully saturated rings. The van der Waals surface area contributed by atoms with Gasteiger partial charge in [-0.3, -0.25) is 0 Å². The smallest absolute Gasteiger partial charge is 1.00 e. The maximum Gasteiger partial charge on any atom is 2.00 e. The molecule has 0 unspecified atom stereocenters. The Morgan fingerprint density at radius 3 is 0.750 bits per heavy atom. The molecule has 0 aromatic rings. The van der Waals surface area contributed by atoms with E-state index in [0.717, 1.165) is 0 Å². The topological polar surface area (TPSA) is 0 Å². The zero-order valence-corrected chi connectivity index (χ0v) is 7.00. The monoisotopic (exact) mass is 249 g/mol. The third-order valence-corrected chi connectivity index (χ3v) is 0. The number of halogens is 2. The molecule has 0 heterocycles. The van der Waals surface area contributed by atoms with Gasteiger partial charge in [-0.2, -0.15) is 0 Å². The van der Waals surface area contributed by atoms with Crippen molar-refractivity contribution in [1.29, 1.82) is 0 Å². The van der Waals surface area contributed by atoms with Crippen molar-refractivity contribution in [3.8, 4) is 0 Å². The van der Waals surface area contributed by atoms with Crippen molar-refractivity contribution in [2.75, 3.05) is 0 Å². The Labute approximate surface area is 65.1 Å². The molecule has 0 atom stereocenters. The molecule has 4 heteroatoms. The molecule has 0 aliphatic heterocycles. The van der Waals surface area contributed by atoms with E-state index in [9.17, 15) is 0 Å². The van der Waals surface area contributed by atoms with E-state index in [4.69, 9.17) is 0 Å². The van der Waals surface area contributed by atoms with Crippen LogP contribution in [0.1, 0.15) is 0 Å². The molecule has 27 valence electrons. The van der Waals surface area contributed by atoms with Crippen LogP contribution in [0.4, 0.5) is 0 Å². The van der Waals surface area contributed by atoms with Gasteiger partial charge in [-0.15, -0.1) is 0 Å². The molecule has 0 spiro atoms. The molecule has 0 bridgehead atoms. The molecule has 3 radical (unpaired) electrons. The van der Waals surface area contributed by atoms with Gasteiger partial charge in [0.2, 0.25) is 0 Å². The van der Waals surface area contributed by atoms with E-state index in [1.54, 1.807) is 0 Å². The quantitative estimate of drug-likeness (QED) is 0.374. The van der Waals surface area contributed by atoms with Gasteiger partial charge in [0.25, 0.3) is 0 Å². The van der Waals surface area contributed by atoms with Gasteiger partial charge < -0.3 is 24.8 Å². The summed E-state index contributed by atoms with van der Waals surface area (Å²) in [5, 5.41) is 0. The number of rotatable bonds is 0. The van der Waals surface area contributed by atoms with Crippen molar-refractivity contribution in [2.45, 2.75) is 0 Å². The van der Waals surface area contributed by atoms with Gasteiger partial charge in [-0.05, 0) is 0 Å². The maximum atomic E-state index is 0. The average Bonchev–Trinajstić information content (AvgIpc) is 0. The van der Waals surface area contributed by atoms with Crippen LogP contribution in [0.15, 0.2) is 0 Å². The van der Waals surface area contributed by atoms with Gasteiger partial charge in [0, 0.05) is 16.8 Å². The summed E-state index contributed by atoms with van der Waals surface area (Å²) in [6, 6.07) is 0. The predicted molar refractivity (Wildman–Crippen MR) is 5.75 cm³/mol. The third kappa shape index (κ3) is 9.10. The van der Waals surface area contributed by atoms with Crippen LogP contribution in [-0.2, 0) is 16.8 Å². The maximum absolute atomic E-state index is 0. The minimum absolute atomic E-state index is 0. The van der Waals surface area contributed by atoms with E-state index in [0.29, 0.717) is 0 Å². The molecule has 0 aliphatic rings. The molecule has 0 aromatic heterocycles. The van der Waals surface area contributed by atoms with Gasteiger partial charge in [-0.1, -0.05) is 0 Å². The zero-order valence-electron chi connectivity index (χ0n) is 1.59. The Hall–Kier alpha value is 1.89. The standard InChI is InChI=1S/2ClH.Co.Sn/h2*1H;;/q;;;+2/p-2. The fourth-order valence-electron chi connectivity index (χ4n) is 0. The van der Waals surface area contributed by atoms with Crippen molar-refractivity contribution >= 4 is 23.9 Å². The molecular formula is Cl2CoSn. The van der Waals surface area contributed by atoms with Crippen LogP contribution in [-0.4, -0.2) is 23.9 Å². The minimum atomic E-state index is 0. The molecule has 4 heavy (non-hydrogen) atoms. The third-order valence-electron chi connectivity index (χ3n) is 0. The van der Waals surface area contributed by atoms with E-state index in [1.165, 1.54) is 0 Å². The van der Waals surface area contributed by atoms with Crippen LogP contribution in [0, 0.1) is 0 Å². The molecule has 0 saturated heterocycles. The SMILES string of the molecule is [Cl-].[Cl-].[Co].[Sn+2]. The summed E-state index contributed by atoms with van der Waals surface area (Å²) in [7, 11) is 0. The van der Waals surface area contributed by atoms with Crippen LogP contribution in [0.3, 0.4) is 0 Å². The van der Waals surface area contributed by atoms with Gasteiger partial charge >= 0.3 is 23.9 Å². The normalized spacial score (nSPS) is 0. The van der Waals surface area contributed by atoms with Crippen LogP contribution in [0.5, 0.6) is 0 Å². The first-order chi connectivity index (χ1) is 0. The Morgan fingerprint density at radius 2 is 0.750 bits per heavy atom. The second-order valence-corrected chi connectivity index (χ2v) is 0. The van der Waals surface area contributed by atoms with Crippen LogP contribution in [0.2, 0.25) is 0 Å². The van der Waals surface area contributed by atoms with Gasteiger partial charge in [0.1, 0.15) is 0 Å². The molecular weight excluding hydrogens is 249 g/mol.